The van der Waals surface area contributed by atoms with Gasteiger partial charge in [-0.2, -0.15) is 0 Å². The first-order valence-corrected chi connectivity index (χ1v) is 8.16. The quantitative estimate of drug-likeness (QED) is 0.591. The first-order valence-electron chi connectivity index (χ1n) is 7.34. The van der Waals surface area contributed by atoms with Gasteiger partial charge in [0.2, 0.25) is 0 Å². The van der Waals surface area contributed by atoms with Crippen molar-refractivity contribution in [2.75, 3.05) is 51.5 Å². The lowest BCUT2D eigenvalue weighted by Crippen LogP contribution is -2.31. The first-order chi connectivity index (χ1) is 10.3. The Morgan fingerprint density at radius 2 is 1.76 bits per heavy atom. The maximum atomic E-state index is 5.78. The molecule has 21 heavy (non-hydrogen) atoms. The molecule has 0 saturated heterocycles. The maximum Gasteiger partial charge on any atom is 0.186 e. The van der Waals surface area contributed by atoms with E-state index in [1.807, 2.05) is 13.8 Å². The van der Waals surface area contributed by atoms with E-state index in [0.29, 0.717) is 26.4 Å². The van der Waals surface area contributed by atoms with Crippen LogP contribution in [0.1, 0.15) is 24.4 Å². The minimum absolute atomic E-state index is 0.487. The van der Waals surface area contributed by atoms with Crippen LogP contribution in [-0.2, 0) is 27.4 Å². The molecule has 0 saturated carbocycles. The maximum absolute atomic E-state index is 5.78. The standard InChI is InChI=1S/C14H27N3O3S/c1-4-19-8-6-17(7-9-20-5-2)14-16-12(11-18-3)13(10-15)21-14/h4-11,15H2,1-3H3. The van der Waals surface area contributed by atoms with E-state index in [4.69, 9.17) is 19.9 Å². The highest BCUT2D eigenvalue weighted by Crippen LogP contribution is 2.26. The summed E-state index contributed by atoms with van der Waals surface area (Å²) in [7, 11) is 1.67. The molecule has 1 aromatic heterocycles. The molecule has 1 heterocycles. The van der Waals surface area contributed by atoms with Crippen LogP contribution in [0.15, 0.2) is 0 Å². The molecule has 0 aliphatic rings. The van der Waals surface area contributed by atoms with Gasteiger partial charge in [0.25, 0.3) is 0 Å². The molecule has 0 spiro atoms. The highest BCUT2D eigenvalue weighted by molar-refractivity contribution is 7.15. The van der Waals surface area contributed by atoms with Gasteiger partial charge in [0.1, 0.15) is 0 Å². The lowest BCUT2D eigenvalue weighted by molar-refractivity contribution is 0.141. The largest absolute Gasteiger partial charge is 0.380 e. The second-order valence-electron chi connectivity index (χ2n) is 4.38. The van der Waals surface area contributed by atoms with Crippen molar-refractivity contribution < 1.29 is 14.2 Å². The van der Waals surface area contributed by atoms with Crippen molar-refractivity contribution in [2.24, 2.45) is 5.73 Å². The molecule has 0 amide bonds. The van der Waals surface area contributed by atoms with Crippen molar-refractivity contribution in [1.82, 2.24) is 4.98 Å². The van der Waals surface area contributed by atoms with E-state index in [-0.39, 0.29) is 0 Å². The van der Waals surface area contributed by atoms with E-state index in [2.05, 4.69) is 9.88 Å². The van der Waals surface area contributed by atoms with E-state index < -0.39 is 0 Å². The lowest BCUT2D eigenvalue weighted by Gasteiger charge is -2.21. The van der Waals surface area contributed by atoms with Gasteiger partial charge in [0.15, 0.2) is 5.13 Å². The summed E-state index contributed by atoms with van der Waals surface area (Å²) in [5, 5.41) is 0.960. The monoisotopic (exact) mass is 317 g/mol. The Bertz CT molecular complexity index is 378. The summed E-state index contributed by atoms with van der Waals surface area (Å²) in [6, 6.07) is 0. The molecule has 1 rings (SSSR count). The van der Waals surface area contributed by atoms with Gasteiger partial charge in [0.05, 0.1) is 25.5 Å². The summed E-state index contributed by atoms with van der Waals surface area (Å²) in [5.41, 5.74) is 6.71. The second kappa shape index (κ2) is 10.9. The molecule has 1 aromatic rings. The third kappa shape index (κ3) is 6.27. The molecule has 7 heteroatoms. The van der Waals surface area contributed by atoms with Crippen LogP contribution in [0, 0.1) is 0 Å². The van der Waals surface area contributed by atoms with Crippen LogP contribution in [0.5, 0.6) is 0 Å². The second-order valence-corrected chi connectivity index (χ2v) is 5.45. The Hall–Kier alpha value is -0.730. The Balaban J connectivity index is 2.74. The van der Waals surface area contributed by atoms with E-state index in [9.17, 15) is 0 Å². The summed E-state index contributed by atoms with van der Waals surface area (Å²) in [5.74, 6) is 0. The van der Waals surface area contributed by atoms with Crippen molar-refractivity contribution in [1.29, 1.82) is 0 Å². The Morgan fingerprint density at radius 3 is 2.24 bits per heavy atom. The lowest BCUT2D eigenvalue weighted by atomic mass is 10.4. The van der Waals surface area contributed by atoms with Crippen LogP contribution in [0.4, 0.5) is 5.13 Å². The van der Waals surface area contributed by atoms with Crippen LogP contribution < -0.4 is 10.6 Å². The van der Waals surface area contributed by atoms with E-state index in [0.717, 1.165) is 42.0 Å². The van der Waals surface area contributed by atoms with Crippen molar-refractivity contribution in [3.63, 3.8) is 0 Å². The number of hydrogen-bond donors (Lipinski definition) is 1. The molecule has 0 aliphatic carbocycles. The molecule has 0 aliphatic heterocycles. The molecular formula is C14H27N3O3S. The average molecular weight is 317 g/mol. The summed E-state index contributed by atoms with van der Waals surface area (Å²) < 4.78 is 16.1. The van der Waals surface area contributed by atoms with Gasteiger partial charge in [-0.25, -0.2) is 4.98 Å². The highest BCUT2D eigenvalue weighted by atomic mass is 32.1. The van der Waals surface area contributed by atoms with Gasteiger partial charge in [-0.3, -0.25) is 0 Å². The van der Waals surface area contributed by atoms with Crippen molar-refractivity contribution in [2.45, 2.75) is 27.0 Å². The van der Waals surface area contributed by atoms with Crippen LogP contribution in [0.2, 0.25) is 0 Å². The van der Waals surface area contributed by atoms with Gasteiger partial charge in [-0.05, 0) is 13.8 Å². The van der Waals surface area contributed by atoms with Gasteiger partial charge in [0, 0.05) is 44.8 Å². The summed E-state index contributed by atoms with van der Waals surface area (Å²) in [6.45, 7) is 9.37. The van der Waals surface area contributed by atoms with Crippen LogP contribution in [0.3, 0.4) is 0 Å². The van der Waals surface area contributed by atoms with Gasteiger partial charge in [-0.15, -0.1) is 11.3 Å². The van der Waals surface area contributed by atoms with Crippen molar-refractivity contribution in [3.8, 4) is 0 Å². The van der Waals surface area contributed by atoms with Gasteiger partial charge < -0.3 is 24.8 Å². The van der Waals surface area contributed by atoms with E-state index in [1.165, 1.54) is 0 Å². The zero-order valence-electron chi connectivity index (χ0n) is 13.3. The summed E-state index contributed by atoms with van der Waals surface area (Å²) in [6.07, 6.45) is 0. The predicted octanol–water partition coefficient (Wildman–Crippen LogP) is 1.63. The topological polar surface area (TPSA) is 69.8 Å². The fourth-order valence-electron chi connectivity index (χ4n) is 1.86. The SMILES string of the molecule is CCOCCN(CCOCC)c1nc(COC)c(CN)s1. The number of ether oxygens (including phenoxy) is 3. The number of hydrogen-bond acceptors (Lipinski definition) is 7. The molecule has 0 aromatic carbocycles. The minimum atomic E-state index is 0.487. The predicted molar refractivity (Wildman–Crippen MR) is 85.9 cm³/mol. The van der Waals surface area contributed by atoms with Crippen LogP contribution in [-0.4, -0.2) is 51.6 Å². The summed E-state index contributed by atoms with van der Waals surface area (Å²) in [4.78, 5) is 7.92. The fourth-order valence-corrected chi connectivity index (χ4v) is 2.85. The number of aromatic nitrogens is 1. The summed E-state index contributed by atoms with van der Waals surface area (Å²) >= 11 is 1.62. The zero-order valence-corrected chi connectivity index (χ0v) is 14.1. The number of nitrogens with zero attached hydrogens (tertiary/aromatic N) is 2. The minimum Gasteiger partial charge on any atom is -0.380 e. The highest BCUT2D eigenvalue weighted by Gasteiger charge is 2.15. The zero-order chi connectivity index (χ0) is 15.5. The smallest absolute Gasteiger partial charge is 0.186 e. The number of thiazole rings is 1. The molecular weight excluding hydrogens is 290 g/mol. The molecule has 2 N–H and O–H groups in total. The van der Waals surface area contributed by atoms with Crippen LogP contribution in [0.25, 0.3) is 0 Å². The fraction of sp³-hybridized carbons (Fsp3) is 0.786. The third-order valence-electron chi connectivity index (χ3n) is 2.92. The molecule has 0 unspecified atom stereocenters. The Morgan fingerprint density at radius 1 is 1.14 bits per heavy atom. The third-order valence-corrected chi connectivity index (χ3v) is 4.10. The van der Waals surface area contributed by atoms with E-state index in [1.54, 1.807) is 18.4 Å². The molecule has 122 valence electrons. The van der Waals surface area contributed by atoms with Crippen molar-refractivity contribution >= 4 is 16.5 Å². The molecule has 0 radical (unpaired) electrons. The van der Waals surface area contributed by atoms with Crippen molar-refractivity contribution in [3.05, 3.63) is 10.6 Å². The van der Waals surface area contributed by atoms with Gasteiger partial charge in [-0.1, -0.05) is 0 Å². The molecule has 0 atom stereocenters. The number of rotatable bonds is 12. The Kier molecular flexibility index (Phi) is 9.53. The van der Waals surface area contributed by atoms with E-state index >= 15 is 0 Å². The number of anilines is 1. The average Bonchev–Trinajstić information content (AvgIpc) is 2.89. The molecule has 0 fully saturated rings. The van der Waals surface area contributed by atoms with Crippen LogP contribution >= 0.6 is 11.3 Å². The van der Waals surface area contributed by atoms with Gasteiger partial charge >= 0.3 is 0 Å². The Labute approximate surface area is 131 Å². The molecule has 6 nitrogen and oxygen atoms in total. The molecule has 0 bridgehead atoms. The number of nitrogens with two attached hydrogens (primary N) is 1. The normalized spacial score (nSPS) is 11.0. The first kappa shape index (κ1) is 18.3. The number of methoxy groups -OCH3 is 1.